The summed E-state index contributed by atoms with van der Waals surface area (Å²) in [7, 11) is 0. The Balaban J connectivity index is 3.06. The van der Waals surface area contributed by atoms with E-state index in [9.17, 15) is 26.7 Å². The first kappa shape index (κ1) is 11.6. The molecule has 0 fully saturated rings. The smallest absolute Gasteiger partial charge is 0.284 e. The molecule has 0 radical (unpaired) electrons. The van der Waals surface area contributed by atoms with Gasteiger partial charge in [0.2, 0.25) is 0 Å². The van der Waals surface area contributed by atoms with Gasteiger partial charge in [0, 0.05) is 11.1 Å². The number of carbonyl (C=O) groups is 1. The maximum absolute atomic E-state index is 12.1. The van der Waals surface area contributed by atoms with Gasteiger partial charge in [0.05, 0.1) is 0 Å². The highest BCUT2D eigenvalue weighted by atomic mass is 19.4. The molecular weight excluding hydrogens is 219 g/mol. The Labute approximate surface area is 81.5 Å². The van der Waals surface area contributed by atoms with Crippen LogP contribution in [-0.2, 0) is 0 Å². The molecule has 0 spiro atoms. The number of benzene rings is 1. The molecular formula is C9H5F5O. The summed E-state index contributed by atoms with van der Waals surface area (Å²) < 4.78 is 60.0. The lowest BCUT2D eigenvalue weighted by molar-refractivity contribution is -0.0885. The molecule has 6 heteroatoms. The normalized spacial score (nSPS) is 11.9. The van der Waals surface area contributed by atoms with Crippen molar-refractivity contribution in [2.24, 2.45) is 0 Å². The molecule has 0 unspecified atom stereocenters. The van der Waals surface area contributed by atoms with E-state index in [-0.39, 0.29) is 0 Å². The van der Waals surface area contributed by atoms with Crippen molar-refractivity contribution in [2.45, 2.75) is 12.6 Å². The zero-order valence-corrected chi connectivity index (χ0v) is 7.18. The van der Waals surface area contributed by atoms with E-state index in [1.165, 1.54) is 0 Å². The molecule has 1 aromatic carbocycles. The van der Waals surface area contributed by atoms with Gasteiger partial charge in [0.25, 0.3) is 12.2 Å². The van der Waals surface area contributed by atoms with E-state index in [0.717, 1.165) is 18.2 Å². The van der Waals surface area contributed by atoms with Crippen LogP contribution in [0.1, 0.15) is 22.3 Å². The van der Waals surface area contributed by atoms with Gasteiger partial charge in [-0.2, -0.15) is 13.2 Å². The van der Waals surface area contributed by atoms with Crippen molar-refractivity contribution in [3.8, 4) is 0 Å². The molecule has 0 amide bonds. The lowest BCUT2D eigenvalue weighted by Crippen LogP contribution is -2.22. The summed E-state index contributed by atoms with van der Waals surface area (Å²) in [5.41, 5.74) is -1.38. The van der Waals surface area contributed by atoms with Crippen molar-refractivity contribution in [2.75, 3.05) is 0 Å². The molecule has 0 atom stereocenters. The number of hydrogen-bond donors (Lipinski definition) is 0. The second kappa shape index (κ2) is 3.96. The van der Waals surface area contributed by atoms with Gasteiger partial charge in [0.1, 0.15) is 0 Å². The average Bonchev–Trinajstić information content (AvgIpc) is 2.15. The molecule has 0 N–H and O–H groups in total. The molecule has 1 aromatic rings. The van der Waals surface area contributed by atoms with E-state index in [2.05, 4.69) is 0 Å². The Morgan fingerprint density at radius 3 is 2.27 bits per heavy atom. The zero-order chi connectivity index (χ0) is 11.6. The van der Waals surface area contributed by atoms with Crippen molar-refractivity contribution in [3.05, 3.63) is 35.4 Å². The van der Waals surface area contributed by atoms with Crippen LogP contribution in [0.25, 0.3) is 0 Å². The predicted molar refractivity (Wildman–Crippen MR) is 41.8 cm³/mol. The molecule has 0 aliphatic carbocycles. The molecule has 1 rings (SSSR count). The molecule has 0 heterocycles. The second-order valence-corrected chi connectivity index (χ2v) is 2.75. The van der Waals surface area contributed by atoms with Crippen LogP contribution in [0, 0.1) is 0 Å². The molecule has 15 heavy (non-hydrogen) atoms. The van der Waals surface area contributed by atoms with Crippen molar-refractivity contribution in [1.82, 2.24) is 0 Å². The quantitative estimate of drug-likeness (QED) is 0.556. The van der Waals surface area contributed by atoms with Crippen molar-refractivity contribution in [1.29, 1.82) is 0 Å². The number of alkyl halides is 5. The van der Waals surface area contributed by atoms with Gasteiger partial charge in [-0.1, -0.05) is 18.2 Å². The Kier molecular flexibility index (Phi) is 3.06. The first-order valence-electron chi connectivity index (χ1n) is 3.82. The molecule has 0 saturated heterocycles. The van der Waals surface area contributed by atoms with Gasteiger partial charge < -0.3 is 0 Å². The number of rotatable bonds is 2. The standard InChI is InChI=1S/C9H5F5O/c10-8(11)6-3-1-2-5(4-6)7(15)9(12,13)14/h1-4,8H. The fraction of sp³-hybridized carbons (Fsp3) is 0.222. The first-order chi connectivity index (χ1) is 6.82. The third-order valence-corrected chi connectivity index (χ3v) is 1.66. The summed E-state index contributed by atoms with van der Waals surface area (Å²) in [5, 5.41) is 0. The predicted octanol–water partition coefficient (Wildman–Crippen LogP) is 3.37. The Bertz CT molecular complexity index is 369. The number of ketones is 1. The summed E-state index contributed by atoms with van der Waals surface area (Å²) >= 11 is 0. The Morgan fingerprint density at radius 1 is 1.20 bits per heavy atom. The highest BCUT2D eigenvalue weighted by Crippen LogP contribution is 2.24. The molecule has 0 saturated carbocycles. The SMILES string of the molecule is O=C(c1cccc(C(F)F)c1)C(F)(F)F. The van der Waals surface area contributed by atoms with Crippen LogP contribution in [0.15, 0.2) is 24.3 Å². The molecule has 1 nitrogen and oxygen atoms in total. The second-order valence-electron chi connectivity index (χ2n) is 2.75. The van der Waals surface area contributed by atoms with Gasteiger partial charge in [-0.15, -0.1) is 0 Å². The highest BCUT2D eigenvalue weighted by molar-refractivity contribution is 6.00. The summed E-state index contributed by atoms with van der Waals surface area (Å²) in [6, 6.07) is 3.33. The molecule has 0 bridgehead atoms. The number of Topliss-reactive ketones (excluding diaryl/α,β-unsaturated/α-hetero) is 1. The van der Waals surface area contributed by atoms with Gasteiger partial charge in [0.15, 0.2) is 0 Å². The van der Waals surface area contributed by atoms with Crippen LogP contribution in [0.4, 0.5) is 22.0 Å². The summed E-state index contributed by atoms with van der Waals surface area (Å²) in [6.45, 7) is 0. The molecule has 0 aromatic heterocycles. The van der Waals surface area contributed by atoms with Crippen LogP contribution >= 0.6 is 0 Å². The van der Waals surface area contributed by atoms with Gasteiger partial charge in [-0.05, 0) is 6.07 Å². The van der Waals surface area contributed by atoms with E-state index in [1.54, 1.807) is 0 Å². The number of halogens is 5. The van der Waals surface area contributed by atoms with E-state index in [0.29, 0.717) is 6.07 Å². The van der Waals surface area contributed by atoms with E-state index in [1.807, 2.05) is 0 Å². The molecule has 82 valence electrons. The van der Waals surface area contributed by atoms with E-state index >= 15 is 0 Å². The molecule has 0 aliphatic heterocycles. The fourth-order valence-electron chi connectivity index (χ4n) is 0.979. The number of hydrogen-bond acceptors (Lipinski definition) is 1. The largest absolute Gasteiger partial charge is 0.454 e. The lowest BCUT2D eigenvalue weighted by Gasteiger charge is -2.06. The zero-order valence-electron chi connectivity index (χ0n) is 7.18. The van der Waals surface area contributed by atoms with E-state index < -0.39 is 29.5 Å². The van der Waals surface area contributed by atoms with Gasteiger partial charge in [-0.25, -0.2) is 8.78 Å². The number of carbonyl (C=O) groups excluding carboxylic acids is 1. The van der Waals surface area contributed by atoms with Crippen LogP contribution in [0.5, 0.6) is 0 Å². The summed E-state index contributed by atoms with van der Waals surface area (Å²) in [5.74, 6) is -2.12. The van der Waals surface area contributed by atoms with Crippen LogP contribution in [0.2, 0.25) is 0 Å². The lowest BCUT2D eigenvalue weighted by atomic mass is 10.1. The Hall–Kier alpha value is -1.46. The van der Waals surface area contributed by atoms with Crippen molar-refractivity contribution < 1.29 is 26.7 Å². The van der Waals surface area contributed by atoms with E-state index in [4.69, 9.17) is 0 Å². The van der Waals surface area contributed by atoms with Gasteiger partial charge >= 0.3 is 6.18 Å². The fourth-order valence-corrected chi connectivity index (χ4v) is 0.979. The first-order valence-corrected chi connectivity index (χ1v) is 3.82. The topological polar surface area (TPSA) is 17.1 Å². The highest BCUT2D eigenvalue weighted by Gasteiger charge is 2.39. The third kappa shape index (κ3) is 2.74. The maximum Gasteiger partial charge on any atom is 0.454 e. The molecule has 0 aliphatic rings. The van der Waals surface area contributed by atoms with Crippen LogP contribution in [-0.4, -0.2) is 12.0 Å². The minimum Gasteiger partial charge on any atom is -0.284 e. The van der Waals surface area contributed by atoms with Gasteiger partial charge in [-0.3, -0.25) is 4.79 Å². The monoisotopic (exact) mass is 224 g/mol. The average molecular weight is 224 g/mol. The van der Waals surface area contributed by atoms with Crippen molar-refractivity contribution >= 4 is 5.78 Å². The summed E-state index contributed by atoms with van der Waals surface area (Å²) in [6.07, 6.45) is -7.94. The van der Waals surface area contributed by atoms with Crippen LogP contribution in [0.3, 0.4) is 0 Å². The minimum absolute atomic E-state index is 0.542. The van der Waals surface area contributed by atoms with Crippen molar-refractivity contribution in [3.63, 3.8) is 0 Å². The maximum atomic E-state index is 12.1. The summed E-state index contributed by atoms with van der Waals surface area (Å²) in [4.78, 5) is 10.7. The Morgan fingerprint density at radius 2 is 1.80 bits per heavy atom. The third-order valence-electron chi connectivity index (χ3n) is 1.66. The minimum atomic E-state index is -5.04. The van der Waals surface area contributed by atoms with Crippen LogP contribution < -0.4 is 0 Å².